The second-order valence-electron chi connectivity index (χ2n) is 9.72. The number of anilines is 3. The molecular formula is C25H32FN9. The summed E-state index contributed by atoms with van der Waals surface area (Å²) in [6.45, 7) is 9.35. The Morgan fingerprint density at radius 3 is 2.60 bits per heavy atom. The number of nitrogens with one attached hydrogen (secondary N) is 1. The van der Waals surface area contributed by atoms with Gasteiger partial charge in [0.25, 0.3) is 0 Å². The van der Waals surface area contributed by atoms with Crippen LogP contribution in [0.2, 0.25) is 0 Å². The molecule has 0 saturated carbocycles. The average molecular weight is 478 g/mol. The third kappa shape index (κ3) is 4.58. The number of piperidine rings is 1. The summed E-state index contributed by atoms with van der Waals surface area (Å²) in [5.74, 6) is 1.33. The van der Waals surface area contributed by atoms with E-state index in [-0.39, 0.29) is 12.1 Å². The summed E-state index contributed by atoms with van der Waals surface area (Å²) < 4.78 is 18.0. The van der Waals surface area contributed by atoms with Crippen LogP contribution in [-0.2, 0) is 0 Å². The summed E-state index contributed by atoms with van der Waals surface area (Å²) in [6, 6.07) is 5.82. The van der Waals surface area contributed by atoms with E-state index in [1.54, 1.807) is 0 Å². The normalized spacial score (nSPS) is 18.7. The lowest BCUT2D eigenvalue weighted by atomic mass is 10.0. The molecule has 0 radical (unpaired) electrons. The molecule has 0 spiro atoms. The fraction of sp³-hybridized carbons (Fsp3) is 0.440. The molecule has 0 bridgehead atoms. The molecule has 0 amide bonds. The zero-order valence-corrected chi connectivity index (χ0v) is 20.6. The molecule has 0 aromatic carbocycles. The van der Waals surface area contributed by atoms with Gasteiger partial charge in [-0.05, 0) is 46.2 Å². The van der Waals surface area contributed by atoms with Gasteiger partial charge in [-0.2, -0.15) is 10.2 Å². The number of alkyl halides is 1. The lowest BCUT2D eigenvalue weighted by Crippen LogP contribution is -2.49. The second-order valence-corrected chi connectivity index (χ2v) is 9.72. The van der Waals surface area contributed by atoms with Gasteiger partial charge in [-0.25, -0.2) is 19.0 Å². The lowest BCUT2D eigenvalue weighted by molar-refractivity contribution is 0.244. The van der Waals surface area contributed by atoms with Crippen molar-refractivity contribution < 1.29 is 4.39 Å². The van der Waals surface area contributed by atoms with Crippen LogP contribution < -0.4 is 16.0 Å². The highest BCUT2D eigenvalue weighted by atomic mass is 19.1. The minimum absolute atomic E-state index is 0.202. The van der Waals surface area contributed by atoms with Gasteiger partial charge < -0.3 is 16.0 Å². The topological polar surface area (TPSA) is 103 Å². The first-order chi connectivity index (χ1) is 16.8. The molecule has 0 aliphatic carbocycles. The van der Waals surface area contributed by atoms with E-state index in [0.29, 0.717) is 31.1 Å². The Bertz CT molecular complexity index is 1330. The molecular weight excluding hydrogens is 445 g/mol. The van der Waals surface area contributed by atoms with Gasteiger partial charge in [0.15, 0.2) is 5.65 Å². The van der Waals surface area contributed by atoms with Crippen LogP contribution >= 0.6 is 0 Å². The molecule has 4 aromatic rings. The predicted molar refractivity (Wildman–Crippen MR) is 137 cm³/mol. The lowest BCUT2D eigenvalue weighted by Gasteiger charge is -2.35. The van der Waals surface area contributed by atoms with Crippen LogP contribution in [0.15, 0.2) is 43.0 Å². The Morgan fingerprint density at radius 1 is 1.06 bits per heavy atom. The van der Waals surface area contributed by atoms with E-state index in [2.05, 4.69) is 53.1 Å². The van der Waals surface area contributed by atoms with E-state index in [9.17, 15) is 4.39 Å². The third-order valence-corrected chi connectivity index (χ3v) is 6.42. The third-order valence-electron chi connectivity index (χ3n) is 6.42. The van der Waals surface area contributed by atoms with Crippen LogP contribution in [0.5, 0.6) is 0 Å². The molecule has 35 heavy (non-hydrogen) atoms. The molecule has 0 unspecified atom stereocenters. The highest BCUT2D eigenvalue weighted by Crippen LogP contribution is 2.35. The van der Waals surface area contributed by atoms with Gasteiger partial charge in [0.1, 0.15) is 17.8 Å². The molecule has 184 valence electrons. The fourth-order valence-electron chi connectivity index (χ4n) is 4.43. The summed E-state index contributed by atoms with van der Waals surface area (Å²) in [5, 5.41) is 13.3. The summed E-state index contributed by atoms with van der Waals surface area (Å²) in [7, 11) is 0. The maximum atomic E-state index is 14.1. The van der Waals surface area contributed by atoms with Gasteiger partial charge in [-0.3, -0.25) is 4.68 Å². The molecule has 3 N–H and O–H groups in total. The van der Waals surface area contributed by atoms with E-state index in [0.717, 1.165) is 27.8 Å². The van der Waals surface area contributed by atoms with Gasteiger partial charge >= 0.3 is 0 Å². The predicted octanol–water partition coefficient (Wildman–Crippen LogP) is 4.47. The van der Waals surface area contributed by atoms with E-state index in [4.69, 9.17) is 10.7 Å². The molecule has 1 saturated heterocycles. The molecule has 2 atom stereocenters. The number of pyridine rings is 2. The van der Waals surface area contributed by atoms with Gasteiger partial charge in [-0.1, -0.05) is 0 Å². The molecule has 5 rings (SSSR count). The minimum Gasteiger partial charge on any atom is -0.369 e. The van der Waals surface area contributed by atoms with Crippen molar-refractivity contribution in [1.82, 2.24) is 29.5 Å². The number of nitrogens with two attached hydrogens (primary N) is 1. The van der Waals surface area contributed by atoms with Crippen molar-refractivity contribution in [2.24, 2.45) is 5.73 Å². The largest absolute Gasteiger partial charge is 0.369 e. The van der Waals surface area contributed by atoms with Gasteiger partial charge in [0, 0.05) is 65.8 Å². The number of fused-ring (bicyclic) bond motifs is 1. The second kappa shape index (κ2) is 9.26. The van der Waals surface area contributed by atoms with Crippen LogP contribution in [0, 0.1) is 0 Å². The van der Waals surface area contributed by atoms with Crippen LogP contribution in [0.3, 0.4) is 0 Å². The first kappa shape index (κ1) is 23.2. The maximum Gasteiger partial charge on any atom is 0.160 e. The van der Waals surface area contributed by atoms with E-state index < -0.39 is 12.2 Å². The summed E-state index contributed by atoms with van der Waals surface area (Å²) in [5.41, 5.74) is 9.76. The molecule has 1 aliphatic heterocycles. The van der Waals surface area contributed by atoms with Gasteiger partial charge in [0.2, 0.25) is 0 Å². The number of nitrogens with zero attached hydrogens (tertiary/aromatic N) is 7. The van der Waals surface area contributed by atoms with Crippen molar-refractivity contribution in [1.29, 1.82) is 0 Å². The monoisotopic (exact) mass is 477 g/mol. The molecule has 10 heteroatoms. The maximum absolute atomic E-state index is 14.1. The van der Waals surface area contributed by atoms with Crippen LogP contribution in [-0.4, -0.2) is 54.8 Å². The smallest absolute Gasteiger partial charge is 0.160 e. The summed E-state index contributed by atoms with van der Waals surface area (Å²) in [6.07, 6.45) is 6.93. The van der Waals surface area contributed by atoms with Crippen LogP contribution in [0.4, 0.5) is 21.7 Å². The number of hydrogen-bond donors (Lipinski definition) is 2. The highest BCUT2D eigenvalue weighted by Gasteiger charge is 2.28. The van der Waals surface area contributed by atoms with E-state index in [1.807, 2.05) is 52.4 Å². The van der Waals surface area contributed by atoms with Crippen molar-refractivity contribution in [3.05, 3.63) is 43.0 Å². The SMILES string of the molecule is CC(C)n1cc(-c2cnc(Nc3ccc4cnn(C(C)C)c4n3)cc2N2CC[C@@H](F)[C@H](N)C2)cn1. The number of aromatic nitrogens is 6. The molecule has 1 fully saturated rings. The Labute approximate surface area is 204 Å². The highest BCUT2D eigenvalue weighted by molar-refractivity contribution is 5.81. The van der Waals surface area contributed by atoms with Crippen molar-refractivity contribution in [3.63, 3.8) is 0 Å². The Balaban J connectivity index is 1.51. The zero-order chi connectivity index (χ0) is 24.7. The number of hydrogen-bond acceptors (Lipinski definition) is 7. The molecule has 4 aromatic heterocycles. The Kier molecular flexibility index (Phi) is 6.14. The van der Waals surface area contributed by atoms with Crippen molar-refractivity contribution >= 4 is 28.4 Å². The van der Waals surface area contributed by atoms with Crippen molar-refractivity contribution in [2.75, 3.05) is 23.3 Å². The summed E-state index contributed by atoms with van der Waals surface area (Å²) >= 11 is 0. The Morgan fingerprint density at radius 2 is 1.89 bits per heavy atom. The van der Waals surface area contributed by atoms with Gasteiger partial charge in [-0.15, -0.1) is 0 Å². The van der Waals surface area contributed by atoms with E-state index in [1.165, 1.54) is 0 Å². The first-order valence-electron chi connectivity index (χ1n) is 12.1. The standard InChI is InChI=1S/C25H32FN9/c1-15(2)34-13-18(11-29-34)19-12-28-24(9-22(19)33-8-7-20(26)21(27)14-33)31-23-6-5-17-10-30-35(16(3)4)25(17)32-23/h5-6,9-13,15-16,20-21H,7-8,14,27H2,1-4H3,(H,28,31,32)/t20-,21-/m1/s1. The van der Waals surface area contributed by atoms with Crippen molar-refractivity contribution in [3.8, 4) is 11.1 Å². The Hall–Kier alpha value is -3.53. The summed E-state index contributed by atoms with van der Waals surface area (Å²) in [4.78, 5) is 11.6. The van der Waals surface area contributed by atoms with Crippen LogP contribution in [0.1, 0.15) is 46.2 Å². The quantitative estimate of drug-likeness (QED) is 0.422. The number of halogens is 1. The van der Waals surface area contributed by atoms with Crippen molar-refractivity contribution in [2.45, 2.75) is 58.4 Å². The minimum atomic E-state index is -0.987. The number of rotatable bonds is 6. The van der Waals surface area contributed by atoms with Crippen LogP contribution in [0.25, 0.3) is 22.2 Å². The molecule has 5 heterocycles. The average Bonchev–Trinajstić information content (AvgIpc) is 3.48. The molecule has 1 aliphatic rings. The fourth-order valence-corrected chi connectivity index (χ4v) is 4.43. The van der Waals surface area contributed by atoms with Gasteiger partial charge in [0.05, 0.1) is 18.4 Å². The first-order valence-corrected chi connectivity index (χ1v) is 12.1. The van der Waals surface area contributed by atoms with E-state index >= 15 is 0 Å². The zero-order valence-electron chi connectivity index (χ0n) is 20.6. The molecule has 9 nitrogen and oxygen atoms in total.